The molecule has 2 aliphatic rings. The Morgan fingerprint density at radius 3 is 2.32 bits per heavy atom. The molecule has 0 atom stereocenters. The van der Waals surface area contributed by atoms with Crippen molar-refractivity contribution in [2.75, 3.05) is 40.8 Å². The van der Waals surface area contributed by atoms with Gasteiger partial charge in [0.2, 0.25) is 5.91 Å². The van der Waals surface area contributed by atoms with Crippen molar-refractivity contribution in [3.63, 3.8) is 0 Å². The lowest BCUT2D eigenvalue weighted by Gasteiger charge is -2.51. The first-order chi connectivity index (χ1) is 13.4. The first-order valence-electron chi connectivity index (χ1n) is 10.4. The van der Waals surface area contributed by atoms with E-state index in [1.165, 1.54) is 5.56 Å². The number of urea groups is 1. The molecule has 2 fully saturated rings. The number of likely N-dealkylation sites (N-methyl/N-ethyl adjacent to an activating group) is 1. The predicted molar refractivity (Wildman–Crippen MR) is 111 cm³/mol. The first-order valence-corrected chi connectivity index (χ1v) is 10.4. The van der Waals surface area contributed by atoms with E-state index in [9.17, 15) is 9.59 Å². The second-order valence-corrected chi connectivity index (χ2v) is 8.48. The van der Waals surface area contributed by atoms with Gasteiger partial charge in [-0.1, -0.05) is 37.3 Å². The topological polar surface area (TPSA) is 55.9 Å². The molecule has 1 N–H and O–H groups in total. The van der Waals surface area contributed by atoms with E-state index in [1.807, 2.05) is 0 Å². The summed E-state index contributed by atoms with van der Waals surface area (Å²) >= 11 is 0. The molecule has 1 aliphatic heterocycles. The summed E-state index contributed by atoms with van der Waals surface area (Å²) in [5.41, 5.74) is 1.19. The molecule has 0 unspecified atom stereocenters. The molecule has 1 aromatic rings. The van der Waals surface area contributed by atoms with Crippen molar-refractivity contribution in [1.29, 1.82) is 0 Å². The third-order valence-electron chi connectivity index (χ3n) is 6.79. The fraction of sp³-hybridized carbons (Fsp3) is 0.636. The molecule has 6 nitrogen and oxygen atoms in total. The maximum Gasteiger partial charge on any atom is 0.321 e. The molecular weight excluding hydrogens is 352 g/mol. The molecular formula is C22H34N4O2. The van der Waals surface area contributed by atoms with Gasteiger partial charge in [0.1, 0.15) is 6.54 Å². The highest BCUT2D eigenvalue weighted by molar-refractivity contribution is 5.85. The third kappa shape index (κ3) is 3.50. The van der Waals surface area contributed by atoms with Crippen molar-refractivity contribution in [2.24, 2.45) is 0 Å². The van der Waals surface area contributed by atoms with Crippen LogP contribution >= 0.6 is 0 Å². The zero-order chi connectivity index (χ0) is 20.4. The number of carbonyl (C=O) groups is 2. The standard InChI is InChI=1S/C22H34N4O2/c1-5-15-26-20(28)25(16-19(27)23-2)17-21(26)11-13-22(14-12-21,24(3)4)18-9-7-6-8-10-18/h6-10H,5,11-17H2,1-4H3,(H,23,27)/t21-,22+. The van der Waals surface area contributed by atoms with Crippen LogP contribution in [0.2, 0.25) is 0 Å². The van der Waals surface area contributed by atoms with E-state index in [-0.39, 0.29) is 29.6 Å². The zero-order valence-electron chi connectivity index (χ0n) is 17.7. The van der Waals surface area contributed by atoms with Gasteiger partial charge in [-0.05, 0) is 51.8 Å². The lowest BCUT2D eigenvalue weighted by atomic mass is 9.68. The smallest absolute Gasteiger partial charge is 0.321 e. The molecule has 0 aromatic heterocycles. The third-order valence-corrected chi connectivity index (χ3v) is 6.79. The van der Waals surface area contributed by atoms with E-state index in [2.05, 4.69) is 66.5 Å². The number of rotatable bonds is 6. The van der Waals surface area contributed by atoms with Gasteiger partial charge in [0.25, 0.3) is 0 Å². The first kappa shape index (κ1) is 20.6. The van der Waals surface area contributed by atoms with Gasteiger partial charge in [-0.25, -0.2) is 4.79 Å². The van der Waals surface area contributed by atoms with Crippen molar-refractivity contribution < 1.29 is 9.59 Å². The number of carbonyl (C=O) groups excluding carboxylic acids is 2. The predicted octanol–water partition coefficient (Wildman–Crippen LogP) is 2.65. The summed E-state index contributed by atoms with van der Waals surface area (Å²) in [7, 11) is 5.94. The Kier molecular flexibility index (Phi) is 5.98. The van der Waals surface area contributed by atoms with E-state index >= 15 is 0 Å². The van der Waals surface area contributed by atoms with Gasteiger partial charge in [0.05, 0.1) is 5.54 Å². The normalized spacial score (nSPS) is 27.7. The van der Waals surface area contributed by atoms with Crippen LogP contribution in [-0.4, -0.2) is 73.0 Å². The van der Waals surface area contributed by atoms with Crippen LogP contribution in [0.15, 0.2) is 30.3 Å². The van der Waals surface area contributed by atoms with Crippen LogP contribution in [0.25, 0.3) is 0 Å². The molecule has 3 rings (SSSR count). The number of nitrogens with zero attached hydrogens (tertiary/aromatic N) is 3. The minimum atomic E-state index is -0.157. The summed E-state index contributed by atoms with van der Waals surface area (Å²) in [5, 5.41) is 2.64. The Hall–Kier alpha value is -2.08. The maximum atomic E-state index is 13.0. The van der Waals surface area contributed by atoms with Crippen LogP contribution in [-0.2, 0) is 10.3 Å². The maximum absolute atomic E-state index is 13.0. The fourth-order valence-corrected chi connectivity index (χ4v) is 5.11. The van der Waals surface area contributed by atoms with E-state index < -0.39 is 0 Å². The molecule has 3 amide bonds. The number of benzene rings is 1. The quantitative estimate of drug-likeness (QED) is 0.818. The second kappa shape index (κ2) is 8.11. The molecule has 1 saturated heterocycles. The average Bonchev–Trinajstić information content (AvgIpc) is 2.95. The lowest BCUT2D eigenvalue weighted by molar-refractivity contribution is -0.121. The summed E-state index contributed by atoms with van der Waals surface area (Å²) in [5.74, 6) is -0.107. The lowest BCUT2D eigenvalue weighted by Crippen LogP contribution is -2.55. The van der Waals surface area contributed by atoms with Crippen LogP contribution < -0.4 is 5.32 Å². The summed E-state index contributed by atoms with van der Waals surface area (Å²) < 4.78 is 0. The fourth-order valence-electron chi connectivity index (χ4n) is 5.11. The Labute approximate surface area is 168 Å². The highest BCUT2D eigenvalue weighted by atomic mass is 16.2. The molecule has 1 aromatic carbocycles. The minimum Gasteiger partial charge on any atom is -0.358 e. The van der Waals surface area contributed by atoms with Crippen LogP contribution in [0, 0.1) is 0 Å². The van der Waals surface area contributed by atoms with Crippen molar-refractivity contribution in [3.05, 3.63) is 35.9 Å². The van der Waals surface area contributed by atoms with Gasteiger partial charge in [-0.2, -0.15) is 0 Å². The summed E-state index contributed by atoms with van der Waals surface area (Å²) in [4.78, 5) is 31.1. The average molecular weight is 387 g/mol. The molecule has 6 heteroatoms. The van der Waals surface area contributed by atoms with Gasteiger partial charge in [-0.3, -0.25) is 9.69 Å². The molecule has 1 saturated carbocycles. The summed E-state index contributed by atoms with van der Waals surface area (Å²) in [6, 6.07) is 10.7. The number of hydrogen-bond donors (Lipinski definition) is 1. The van der Waals surface area contributed by atoms with Gasteiger partial charge >= 0.3 is 6.03 Å². The van der Waals surface area contributed by atoms with E-state index in [1.54, 1.807) is 11.9 Å². The van der Waals surface area contributed by atoms with Gasteiger partial charge in [0.15, 0.2) is 0 Å². The second-order valence-electron chi connectivity index (χ2n) is 8.48. The Morgan fingerprint density at radius 2 is 1.79 bits per heavy atom. The monoisotopic (exact) mass is 386 g/mol. The number of amides is 3. The molecule has 1 spiro atoms. The van der Waals surface area contributed by atoms with Crippen molar-refractivity contribution in [1.82, 2.24) is 20.0 Å². The molecule has 1 aliphatic carbocycles. The highest BCUT2D eigenvalue weighted by Crippen LogP contribution is 2.48. The SMILES string of the molecule is CCCN1C(=O)N(CC(=O)NC)C[C@]12CC[C@](c1ccccc1)(N(C)C)CC2. The number of hydrogen-bond acceptors (Lipinski definition) is 3. The van der Waals surface area contributed by atoms with E-state index in [4.69, 9.17) is 0 Å². The van der Waals surface area contributed by atoms with Crippen LogP contribution in [0.5, 0.6) is 0 Å². The van der Waals surface area contributed by atoms with Crippen molar-refractivity contribution >= 4 is 11.9 Å². The Balaban J connectivity index is 1.85. The van der Waals surface area contributed by atoms with Gasteiger partial charge < -0.3 is 15.1 Å². The van der Waals surface area contributed by atoms with E-state index in [0.717, 1.165) is 38.6 Å². The van der Waals surface area contributed by atoms with Crippen LogP contribution in [0.4, 0.5) is 4.79 Å². The van der Waals surface area contributed by atoms with Crippen molar-refractivity contribution in [3.8, 4) is 0 Å². The summed E-state index contributed by atoms with van der Waals surface area (Å²) in [6.07, 6.45) is 4.85. The minimum absolute atomic E-state index is 0.00164. The molecule has 28 heavy (non-hydrogen) atoms. The Bertz CT molecular complexity index is 696. The molecule has 154 valence electrons. The van der Waals surface area contributed by atoms with Crippen LogP contribution in [0.1, 0.15) is 44.6 Å². The van der Waals surface area contributed by atoms with E-state index in [0.29, 0.717) is 6.54 Å². The largest absolute Gasteiger partial charge is 0.358 e. The highest BCUT2D eigenvalue weighted by Gasteiger charge is 2.54. The molecule has 1 heterocycles. The Morgan fingerprint density at radius 1 is 1.14 bits per heavy atom. The molecule has 0 bridgehead atoms. The summed E-state index contributed by atoms with van der Waals surface area (Å²) in [6.45, 7) is 3.66. The van der Waals surface area contributed by atoms with Gasteiger partial charge in [0, 0.05) is 25.7 Å². The van der Waals surface area contributed by atoms with Crippen molar-refractivity contribution in [2.45, 2.75) is 50.1 Å². The zero-order valence-corrected chi connectivity index (χ0v) is 17.7. The number of nitrogens with one attached hydrogen (secondary N) is 1. The molecule has 0 radical (unpaired) electrons. The van der Waals surface area contributed by atoms with Crippen LogP contribution in [0.3, 0.4) is 0 Å². The van der Waals surface area contributed by atoms with Gasteiger partial charge in [-0.15, -0.1) is 0 Å².